The van der Waals surface area contributed by atoms with Crippen LogP contribution in [-0.4, -0.2) is 68.8 Å². The third kappa shape index (κ3) is 5.00. The second kappa shape index (κ2) is 10.0. The van der Waals surface area contributed by atoms with Gasteiger partial charge < -0.3 is 29.2 Å². The number of nitrogens with zero attached hydrogens (tertiary/aromatic N) is 2. The summed E-state index contributed by atoms with van der Waals surface area (Å²) in [4.78, 5) is 29.9. The zero-order chi connectivity index (χ0) is 24.4. The van der Waals surface area contributed by atoms with Gasteiger partial charge in [0.15, 0.2) is 23.0 Å². The van der Waals surface area contributed by atoms with Crippen molar-refractivity contribution in [2.75, 3.05) is 52.5 Å². The highest BCUT2D eigenvalue weighted by Gasteiger charge is 2.29. The van der Waals surface area contributed by atoms with Crippen LogP contribution in [0.1, 0.15) is 24.0 Å². The summed E-state index contributed by atoms with van der Waals surface area (Å²) in [6, 6.07) is 9.39. The molecule has 9 heteroatoms. The molecule has 2 aromatic carbocycles. The van der Waals surface area contributed by atoms with E-state index in [1.807, 2.05) is 23.1 Å². The van der Waals surface area contributed by atoms with Crippen LogP contribution in [0.25, 0.3) is 0 Å². The van der Waals surface area contributed by atoms with Crippen LogP contribution in [-0.2, 0) is 22.6 Å². The summed E-state index contributed by atoms with van der Waals surface area (Å²) in [5, 5.41) is 2.99. The van der Waals surface area contributed by atoms with Crippen molar-refractivity contribution in [1.82, 2.24) is 9.80 Å². The Labute approximate surface area is 204 Å². The van der Waals surface area contributed by atoms with Gasteiger partial charge in [0.2, 0.25) is 18.6 Å². The van der Waals surface area contributed by atoms with Crippen LogP contribution >= 0.6 is 0 Å². The van der Waals surface area contributed by atoms with Crippen molar-refractivity contribution < 1.29 is 28.5 Å². The number of amides is 2. The zero-order valence-electron chi connectivity index (χ0n) is 20.2. The number of likely N-dealkylation sites (tertiary alicyclic amines) is 1. The van der Waals surface area contributed by atoms with Crippen molar-refractivity contribution >= 4 is 17.5 Å². The van der Waals surface area contributed by atoms with E-state index in [0.717, 1.165) is 43.7 Å². The molecule has 0 aliphatic carbocycles. The van der Waals surface area contributed by atoms with Crippen LogP contribution < -0.4 is 24.3 Å². The highest BCUT2D eigenvalue weighted by Crippen LogP contribution is 2.35. The highest BCUT2D eigenvalue weighted by atomic mass is 16.7. The summed E-state index contributed by atoms with van der Waals surface area (Å²) < 4.78 is 21.5. The Hall–Kier alpha value is -3.46. The normalized spacial score (nSPS) is 17.6. The first kappa shape index (κ1) is 23.3. The Kier molecular flexibility index (Phi) is 6.68. The number of fused-ring (bicyclic) bond motifs is 2. The second-order valence-corrected chi connectivity index (χ2v) is 9.15. The first-order valence-corrected chi connectivity index (χ1v) is 12.0. The summed E-state index contributed by atoms with van der Waals surface area (Å²) in [5.41, 5.74) is 3.00. The molecule has 35 heavy (non-hydrogen) atoms. The van der Waals surface area contributed by atoms with Gasteiger partial charge in [0.05, 0.1) is 20.8 Å². The summed E-state index contributed by atoms with van der Waals surface area (Å²) in [7, 11) is 3.25. The predicted octanol–water partition coefficient (Wildman–Crippen LogP) is 2.67. The van der Waals surface area contributed by atoms with Gasteiger partial charge >= 0.3 is 0 Å². The second-order valence-electron chi connectivity index (χ2n) is 9.15. The molecule has 0 saturated carbocycles. The molecule has 186 valence electrons. The van der Waals surface area contributed by atoms with Crippen molar-refractivity contribution in [3.8, 4) is 23.0 Å². The van der Waals surface area contributed by atoms with Crippen molar-refractivity contribution in [3.05, 3.63) is 41.5 Å². The fourth-order valence-corrected chi connectivity index (χ4v) is 4.96. The van der Waals surface area contributed by atoms with Gasteiger partial charge in [0.25, 0.3) is 0 Å². The van der Waals surface area contributed by atoms with Crippen molar-refractivity contribution in [2.24, 2.45) is 5.92 Å². The van der Waals surface area contributed by atoms with Crippen LogP contribution in [0.15, 0.2) is 30.3 Å². The third-order valence-electron chi connectivity index (χ3n) is 7.03. The van der Waals surface area contributed by atoms with Crippen LogP contribution in [0, 0.1) is 5.92 Å². The Balaban J connectivity index is 1.11. The standard InChI is InChI=1S/C26H31N3O6/c1-32-22-11-18-7-10-29(14-19(18)12-23(22)33-2)25(30)15-28-8-5-17(6-9-28)26(31)27-20-3-4-21-24(13-20)35-16-34-21/h3-4,11-13,17H,5-10,14-16H2,1-2H3,(H,27,31). The van der Waals surface area contributed by atoms with Crippen molar-refractivity contribution in [3.63, 3.8) is 0 Å². The van der Waals surface area contributed by atoms with Gasteiger partial charge in [-0.1, -0.05) is 0 Å². The molecular formula is C26H31N3O6. The lowest BCUT2D eigenvalue weighted by molar-refractivity contribution is -0.133. The molecular weight excluding hydrogens is 450 g/mol. The van der Waals surface area contributed by atoms with E-state index in [4.69, 9.17) is 18.9 Å². The summed E-state index contributed by atoms with van der Waals surface area (Å²) in [6.07, 6.45) is 2.25. The number of hydrogen-bond donors (Lipinski definition) is 1. The number of anilines is 1. The average molecular weight is 482 g/mol. The molecule has 0 unspecified atom stereocenters. The number of methoxy groups -OCH3 is 2. The van der Waals surface area contributed by atoms with Gasteiger partial charge in [-0.3, -0.25) is 14.5 Å². The average Bonchev–Trinajstić information content (AvgIpc) is 3.35. The van der Waals surface area contributed by atoms with Crippen LogP contribution in [0.5, 0.6) is 23.0 Å². The molecule has 0 spiro atoms. The molecule has 3 aliphatic rings. The van der Waals surface area contributed by atoms with Gasteiger partial charge in [-0.15, -0.1) is 0 Å². The Bertz CT molecular complexity index is 1110. The Morgan fingerprint density at radius 2 is 1.69 bits per heavy atom. The monoisotopic (exact) mass is 481 g/mol. The Morgan fingerprint density at radius 1 is 0.971 bits per heavy atom. The SMILES string of the molecule is COc1cc2c(cc1OC)CN(C(=O)CN1CCC(C(=O)Nc3ccc4c(c3)OCO4)CC1)CC2. The number of hydrogen-bond acceptors (Lipinski definition) is 7. The lowest BCUT2D eigenvalue weighted by Gasteiger charge is -2.34. The molecule has 1 N–H and O–H groups in total. The number of ether oxygens (including phenoxy) is 4. The molecule has 3 heterocycles. The maximum Gasteiger partial charge on any atom is 0.237 e. The molecule has 0 atom stereocenters. The molecule has 1 saturated heterocycles. The van der Waals surface area contributed by atoms with Gasteiger partial charge in [-0.25, -0.2) is 0 Å². The molecule has 0 radical (unpaired) electrons. The van der Waals surface area contributed by atoms with Gasteiger partial charge in [-0.2, -0.15) is 0 Å². The van der Waals surface area contributed by atoms with E-state index < -0.39 is 0 Å². The number of rotatable bonds is 6. The van der Waals surface area contributed by atoms with E-state index in [2.05, 4.69) is 10.2 Å². The van der Waals surface area contributed by atoms with Crippen LogP contribution in [0.2, 0.25) is 0 Å². The molecule has 0 bridgehead atoms. The van der Waals surface area contributed by atoms with E-state index in [0.29, 0.717) is 42.6 Å². The fourth-order valence-electron chi connectivity index (χ4n) is 4.96. The van der Waals surface area contributed by atoms with Gasteiger partial charge in [0, 0.05) is 30.8 Å². The summed E-state index contributed by atoms with van der Waals surface area (Å²) in [6.45, 7) is 3.29. The maximum absolute atomic E-state index is 13.0. The predicted molar refractivity (Wildman–Crippen MR) is 129 cm³/mol. The number of piperidine rings is 1. The molecule has 1 fully saturated rings. The van der Waals surface area contributed by atoms with E-state index in [-0.39, 0.29) is 24.5 Å². The van der Waals surface area contributed by atoms with Crippen molar-refractivity contribution in [2.45, 2.75) is 25.8 Å². The summed E-state index contributed by atoms with van der Waals surface area (Å²) >= 11 is 0. The van der Waals surface area contributed by atoms with E-state index in [1.165, 1.54) is 5.56 Å². The molecule has 5 rings (SSSR count). The zero-order valence-corrected chi connectivity index (χ0v) is 20.2. The largest absolute Gasteiger partial charge is 0.493 e. The lowest BCUT2D eigenvalue weighted by Crippen LogP contribution is -2.46. The number of benzene rings is 2. The van der Waals surface area contributed by atoms with Gasteiger partial charge in [-0.05, 0) is 67.7 Å². The molecule has 9 nitrogen and oxygen atoms in total. The maximum atomic E-state index is 13.0. The first-order valence-electron chi connectivity index (χ1n) is 12.0. The topological polar surface area (TPSA) is 89.6 Å². The molecule has 3 aliphatic heterocycles. The first-order chi connectivity index (χ1) is 17.0. The Morgan fingerprint density at radius 3 is 2.43 bits per heavy atom. The van der Waals surface area contributed by atoms with E-state index in [1.54, 1.807) is 26.4 Å². The highest BCUT2D eigenvalue weighted by molar-refractivity contribution is 5.93. The van der Waals surface area contributed by atoms with Crippen LogP contribution in [0.4, 0.5) is 5.69 Å². The smallest absolute Gasteiger partial charge is 0.237 e. The summed E-state index contributed by atoms with van der Waals surface area (Å²) in [5.74, 6) is 2.79. The fraction of sp³-hybridized carbons (Fsp3) is 0.462. The minimum absolute atomic E-state index is 0.00635. The lowest BCUT2D eigenvalue weighted by atomic mass is 9.95. The molecule has 0 aromatic heterocycles. The molecule has 2 aromatic rings. The van der Waals surface area contributed by atoms with Gasteiger partial charge in [0.1, 0.15) is 0 Å². The number of carbonyl (C=O) groups is 2. The minimum Gasteiger partial charge on any atom is -0.493 e. The van der Waals surface area contributed by atoms with Crippen LogP contribution in [0.3, 0.4) is 0 Å². The van der Waals surface area contributed by atoms with E-state index >= 15 is 0 Å². The van der Waals surface area contributed by atoms with E-state index in [9.17, 15) is 9.59 Å². The molecule has 2 amide bonds. The number of nitrogens with one attached hydrogen (secondary N) is 1. The van der Waals surface area contributed by atoms with Crippen molar-refractivity contribution in [1.29, 1.82) is 0 Å². The number of carbonyl (C=O) groups excluding carboxylic acids is 2. The minimum atomic E-state index is -0.0731. The third-order valence-corrected chi connectivity index (χ3v) is 7.03. The quantitative estimate of drug-likeness (QED) is 0.679.